The molecule has 0 bridgehead atoms. The molecule has 1 aliphatic rings. The molecule has 2 rings (SSSR count). The van der Waals surface area contributed by atoms with Gasteiger partial charge in [-0.3, -0.25) is 4.79 Å². The number of nitrogens with one attached hydrogen (secondary N) is 1. The Balaban J connectivity index is 1.86. The minimum atomic E-state index is -0.0879. The second-order valence-corrected chi connectivity index (χ2v) is 7.86. The number of carbonyl (C=O) groups is 1. The first-order chi connectivity index (χ1) is 10.2. The van der Waals surface area contributed by atoms with E-state index in [-0.39, 0.29) is 11.2 Å². The van der Waals surface area contributed by atoms with E-state index >= 15 is 0 Å². The minimum Gasteiger partial charge on any atom is -0.360 e. The summed E-state index contributed by atoms with van der Waals surface area (Å²) in [6.07, 6.45) is 5.81. The number of thioether (sulfide) groups is 1. The summed E-state index contributed by atoms with van der Waals surface area (Å²) in [5, 5.41) is 12.2. The average Bonchev–Trinajstić information content (AvgIpc) is 2.75. The summed E-state index contributed by atoms with van der Waals surface area (Å²) >= 11 is 3.05. The van der Waals surface area contributed by atoms with E-state index in [0.717, 1.165) is 48.4 Å². The van der Waals surface area contributed by atoms with Crippen molar-refractivity contribution in [1.82, 2.24) is 15.1 Å². The van der Waals surface area contributed by atoms with Gasteiger partial charge in [-0.25, -0.2) is 0 Å². The van der Waals surface area contributed by atoms with E-state index in [0.29, 0.717) is 0 Å². The molecule has 0 unspecified atom stereocenters. The first-order valence-electron chi connectivity index (χ1n) is 7.73. The SMILES string of the molecule is CCCNc1nnc(S[C@H](C)C(=O)N2CCCCCC2)s1. The van der Waals surface area contributed by atoms with Crippen molar-refractivity contribution in [3.05, 3.63) is 0 Å². The summed E-state index contributed by atoms with van der Waals surface area (Å²) in [5.74, 6) is 0.236. The van der Waals surface area contributed by atoms with Crippen LogP contribution in [-0.4, -0.2) is 45.9 Å². The number of hydrogen-bond acceptors (Lipinski definition) is 6. The van der Waals surface area contributed by atoms with Crippen LogP contribution < -0.4 is 5.32 Å². The van der Waals surface area contributed by atoms with Gasteiger partial charge in [0, 0.05) is 19.6 Å². The smallest absolute Gasteiger partial charge is 0.235 e. The largest absolute Gasteiger partial charge is 0.360 e. The molecule has 1 atom stereocenters. The van der Waals surface area contributed by atoms with E-state index in [9.17, 15) is 4.79 Å². The molecule has 118 valence electrons. The molecule has 1 amide bonds. The average molecular weight is 329 g/mol. The minimum absolute atomic E-state index is 0.0879. The maximum Gasteiger partial charge on any atom is 0.235 e. The standard InChI is InChI=1S/C14H24N4OS2/c1-3-8-15-13-16-17-14(21-13)20-11(2)12(19)18-9-6-4-5-7-10-18/h11H,3-10H2,1-2H3,(H,15,16)/t11-/m1/s1. The number of anilines is 1. The molecule has 0 radical (unpaired) electrons. The zero-order valence-electron chi connectivity index (χ0n) is 12.8. The fourth-order valence-electron chi connectivity index (χ4n) is 2.31. The van der Waals surface area contributed by atoms with Crippen molar-refractivity contribution in [2.24, 2.45) is 0 Å². The summed E-state index contributed by atoms with van der Waals surface area (Å²) in [6.45, 7) is 6.80. The van der Waals surface area contributed by atoms with Crippen LogP contribution in [0.2, 0.25) is 0 Å². The molecule has 21 heavy (non-hydrogen) atoms. The molecule has 0 aliphatic carbocycles. The van der Waals surface area contributed by atoms with Crippen LogP contribution in [0.1, 0.15) is 46.0 Å². The lowest BCUT2D eigenvalue weighted by molar-refractivity contribution is -0.130. The van der Waals surface area contributed by atoms with Crippen molar-refractivity contribution in [2.45, 2.75) is 55.5 Å². The summed E-state index contributed by atoms with van der Waals surface area (Å²) in [5.41, 5.74) is 0. The Morgan fingerprint density at radius 1 is 1.33 bits per heavy atom. The van der Waals surface area contributed by atoms with Gasteiger partial charge in [-0.1, -0.05) is 42.9 Å². The van der Waals surface area contributed by atoms with Gasteiger partial charge in [0.2, 0.25) is 11.0 Å². The van der Waals surface area contributed by atoms with Crippen molar-refractivity contribution in [2.75, 3.05) is 25.0 Å². The Labute approximate surface area is 134 Å². The zero-order valence-corrected chi connectivity index (χ0v) is 14.4. The van der Waals surface area contributed by atoms with Gasteiger partial charge in [-0.2, -0.15) is 0 Å². The Kier molecular flexibility index (Phi) is 6.76. The molecule has 1 aromatic heterocycles. The van der Waals surface area contributed by atoms with Crippen molar-refractivity contribution in [3.8, 4) is 0 Å². The summed E-state index contributed by atoms with van der Waals surface area (Å²) in [6, 6.07) is 0. The predicted molar refractivity (Wildman–Crippen MR) is 89.1 cm³/mol. The highest BCUT2D eigenvalue weighted by atomic mass is 32.2. The molecule has 1 aromatic rings. The summed E-state index contributed by atoms with van der Waals surface area (Å²) in [7, 11) is 0. The van der Waals surface area contributed by atoms with Crippen LogP contribution >= 0.6 is 23.1 Å². The van der Waals surface area contributed by atoms with E-state index in [2.05, 4.69) is 22.4 Å². The van der Waals surface area contributed by atoms with E-state index in [1.54, 1.807) is 0 Å². The van der Waals surface area contributed by atoms with Crippen LogP contribution in [-0.2, 0) is 4.79 Å². The Bertz CT molecular complexity index is 444. The second-order valence-electron chi connectivity index (χ2n) is 5.30. The van der Waals surface area contributed by atoms with Gasteiger partial charge in [0.25, 0.3) is 0 Å². The molecule has 1 fully saturated rings. The topological polar surface area (TPSA) is 58.1 Å². The molecule has 1 N–H and O–H groups in total. The molecular formula is C14H24N4OS2. The van der Waals surface area contributed by atoms with Crippen molar-refractivity contribution in [3.63, 3.8) is 0 Å². The molecular weight excluding hydrogens is 304 g/mol. The van der Waals surface area contributed by atoms with Crippen LogP contribution in [0.15, 0.2) is 4.34 Å². The third-order valence-corrected chi connectivity index (χ3v) is 5.53. The van der Waals surface area contributed by atoms with Gasteiger partial charge < -0.3 is 10.2 Å². The maximum atomic E-state index is 12.5. The fraction of sp³-hybridized carbons (Fsp3) is 0.786. The molecule has 0 spiro atoms. The number of amides is 1. The van der Waals surface area contributed by atoms with Crippen LogP contribution in [0.4, 0.5) is 5.13 Å². The highest BCUT2D eigenvalue weighted by Gasteiger charge is 2.23. The monoisotopic (exact) mass is 328 g/mol. The van der Waals surface area contributed by atoms with E-state index in [1.165, 1.54) is 35.9 Å². The number of aromatic nitrogens is 2. The van der Waals surface area contributed by atoms with Crippen molar-refractivity contribution < 1.29 is 4.79 Å². The molecule has 2 heterocycles. The van der Waals surface area contributed by atoms with Crippen LogP contribution in [0.5, 0.6) is 0 Å². The van der Waals surface area contributed by atoms with Crippen molar-refractivity contribution in [1.29, 1.82) is 0 Å². The lowest BCUT2D eigenvalue weighted by atomic mass is 10.2. The highest BCUT2D eigenvalue weighted by molar-refractivity contribution is 8.02. The van der Waals surface area contributed by atoms with Crippen LogP contribution in [0.25, 0.3) is 0 Å². The zero-order chi connectivity index (χ0) is 15.1. The molecule has 1 aliphatic heterocycles. The summed E-state index contributed by atoms with van der Waals surface area (Å²) in [4.78, 5) is 14.5. The second kappa shape index (κ2) is 8.58. The lowest BCUT2D eigenvalue weighted by Crippen LogP contribution is -2.37. The summed E-state index contributed by atoms with van der Waals surface area (Å²) < 4.78 is 0.865. The quantitative estimate of drug-likeness (QED) is 0.812. The first-order valence-corrected chi connectivity index (χ1v) is 9.43. The molecule has 1 saturated heterocycles. The number of likely N-dealkylation sites (tertiary alicyclic amines) is 1. The van der Waals surface area contributed by atoms with Gasteiger partial charge in [0.1, 0.15) is 0 Å². The molecule has 0 saturated carbocycles. The Morgan fingerprint density at radius 3 is 2.71 bits per heavy atom. The molecule has 5 nitrogen and oxygen atoms in total. The number of hydrogen-bond donors (Lipinski definition) is 1. The third-order valence-electron chi connectivity index (χ3n) is 3.48. The Hall–Kier alpha value is -0.820. The van der Waals surface area contributed by atoms with Crippen molar-refractivity contribution >= 4 is 34.1 Å². The van der Waals surface area contributed by atoms with E-state index in [4.69, 9.17) is 0 Å². The number of nitrogens with zero attached hydrogens (tertiary/aromatic N) is 3. The fourth-order valence-corrected chi connectivity index (χ4v) is 4.32. The Morgan fingerprint density at radius 2 is 2.05 bits per heavy atom. The van der Waals surface area contributed by atoms with Gasteiger partial charge in [0.15, 0.2) is 4.34 Å². The van der Waals surface area contributed by atoms with Gasteiger partial charge in [-0.05, 0) is 26.2 Å². The number of carbonyl (C=O) groups excluding carboxylic acids is 1. The maximum absolute atomic E-state index is 12.5. The number of rotatable bonds is 6. The van der Waals surface area contributed by atoms with Gasteiger partial charge >= 0.3 is 0 Å². The lowest BCUT2D eigenvalue weighted by Gasteiger charge is -2.23. The highest BCUT2D eigenvalue weighted by Crippen LogP contribution is 2.30. The third kappa shape index (κ3) is 5.14. The molecule has 7 heteroatoms. The normalized spacial score (nSPS) is 17.3. The van der Waals surface area contributed by atoms with Crippen LogP contribution in [0.3, 0.4) is 0 Å². The van der Waals surface area contributed by atoms with Gasteiger partial charge in [-0.15, -0.1) is 10.2 Å². The van der Waals surface area contributed by atoms with Gasteiger partial charge in [0.05, 0.1) is 5.25 Å². The predicted octanol–water partition coefficient (Wildman–Crippen LogP) is 3.24. The van der Waals surface area contributed by atoms with E-state index in [1.807, 2.05) is 11.8 Å². The first kappa shape index (κ1) is 16.5. The molecule has 0 aromatic carbocycles. The van der Waals surface area contributed by atoms with Crippen LogP contribution in [0, 0.1) is 0 Å². The van der Waals surface area contributed by atoms with E-state index < -0.39 is 0 Å².